The van der Waals surface area contributed by atoms with Gasteiger partial charge in [0.15, 0.2) is 0 Å². The van der Waals surface area contributed by atoms with Crippen molar-refractivity contribution in [2.45, 2.75) is 6.54 Å². The molecule has 0 amide bonds. The van der Waals surface area contributed by atoms with Crippen molar-refractivity contribution in [1.29, 1.82) is 0 Å². The Morgan fingerprint density at radius 2 is 2.21 bits per heavy atom. The second-order valence-corrected chi connectivity index (χ2v) is 6.36. The van der Waals surface area contributed by atoms with Gasteiger partial charge in [-0.3, -0.25) is 0 Å². The van der Waals surface area contributed by atoms with Gasteiger partial charge in [-0.25, -0.2) is 4.98 Å². The van der Waals surface area contributed by atoms with Crippen LogP contribution in [0, 0.1) is 0 Å². The lowest BCUT2D eigenvalue weighted by molar-refractivity contribution is 0.809. The lowest BCUT2D eigenvalue weighted by Gasteiger charge is -2.08. The number of thiophene rings is 1. The van der Waals surface area contributed by atoms with Crippen LogP contribution in [0.4, 0.5) is 0 Å². The number of nitrogens with zero attached hydrogens (tertiary/aromatic N) is 2. The number of halogens is 2. The van der Waals surface area contributed by atoms with E-state index in [9.17, 15) is 0 Å². The summed E-state index contributed by atoms with van der Waals surface area (Å²) in [5, 5.41) is 2.82. The first-order valence-electron chi connectivity index (χ1n) is 5.73. The summed E-state index contributed by atoms with van der Waals surface area (Å²) in [5.74, 6) is 0.981. The van der Waals surface area contributed by atoms with Crippen molar-refractivity contribution in [3.05, 3.63) is 63.2 Å². The lowest BCUT2D eigenvalue weighted by atomic mass is 10.2. The number of hydrogen-bond donors (Lipinski definition) is 0. The van der Waals surface area contributed by atoms with Gasteiger partial charge >= 0.3 is 0 Å². The van der Waals surface area contributed by atoms with Gasteiger partial charge in [-0.1, -0.05) is 39.7 Å². The Bertz CT molecular complexity index is 691. The quantitative estimate of drug-likeness (QED) is 0.642. The fourth-order valence-electron chi connectivity index (χ4n) is 1.90. The lowest BCUT2D eigenvalue weighted by Crippen LogP contribution is -2.01. The predicted octanol–water partition coefficient (Wildman–Crippen LogP) is 5.08. The molecule has 2 heterocycles. The van der Waals surface area contributed by atoms with Gasteiger partial charge < -0.3 is 4.57 Å². The molecule has 0 aliphatic rings. The average molecular weight is 354 g/mol. The first-order chi connectivity index (χ1) is 9.24. The summed E-state index contributed by atoms with van der Waals surface area (Å²) in [4.78, 5) is 5.59. The zero-order chi connectivity index (χ0) is 13.2. The van der Waals surface area contributed by atoms with Crippen molar-refractivity contribution in [2.75, 3.05) is 0 Å². The molecular formula is C14H10BrClN2S. The minimum atomic E-state index is 0.722. The molecule has 3 rings (SSSR count). The topological polar surface area (TPSA) is 17.8 Å². The van der Waals surface area contributed by atoms with E-state index in [0.29, 0.717) is 0 Å². The van der Waals surface area contributed by atoms with Crippen LogP contribution in [0.25, 0.3) is 10.7 Å². The smallest absolute Gasteiger partial charge is 0.150 e. The maximum atomic E-state index is 6.26. The Hall–Kier alpha value is -1.10. The molecular weight excluding hydrogens is 344 g/mol. The Kier molecular flexibility index (Phi) is 3.73. The van der Waals surface area contributed by atoms with E-state index < -0.39 is 0 Å². The normalized spacial score (nSPS) is 10.8. The van der Waals surface area contributed by atoms with Crippen LogP contribution in [-0.2, 0) is 6.54 Å². The monoisotopic (exact) mass is 352 g/mol. The van der Waals surface area contributed by atoms with Gasteiger partial charge in [-0.2, -0.15) is 0 Å². The standard InChI is InChI=1S/C14H10BrClN2S/c15-11-4-3-10(12(16)8-11)9-18-6-5-17-14(18)13-2-1-7-19-13/h1-8H,9H2. The molecule has 1 aromatic carbocycles. The first kappa shape index (κ1) is 12.9. The fraction of sp³-hybridized carbons (Fsp3) is 0.0714. The van der Waals surface area contributed by atoms with Crippen molar-refractivity contribution in [3.63, 3.8) is 0 Å². The fourth-order valence-corrected chi connectivity index (χ4v) is 3.37. The van der Waals surface area contributed by atoms with Crippen LogP contribution in [0.5, 0.6) is 0 Å². The van der Waals surface area contributed by atoms with Crippen molar-refractivity contribution in [3.8, 4) is 10.7 Å². The molecule has 0 saturated heterocycles. The molecule has 2 aromatic heterocycles. The second kappa shape index (κ2) is 5.49. The second-order valence-electron chi connectivity index (χ2n) is 4.09. The van der Waals surface area contributed by atoms with E-state index >= 15 is 0 Å². The summed E-state index contributed by atoms with van der Waals surface area (Å²) in [6.07, 6.45) is 3.80. The molecule has 0 atom stereocenters. The van der Waals surface area contributed by atoms with Crippen LogP contribution >= 0.6 is 38.9 Å². The van der Waals surface area contributed by atoms with Crippen LogP contribution < -0.4 is 0 Å². The highest BCUT2D eigenvalue weighted by molar-refractivity contribution is 9.10. The van der Waals surface area contributed by atoms with E-state index in [0.717, 1.165) is 27.4 Å². The zero-order valence-electron chi connectivity index (χ0n) is 9.88. The van der Waals surface area contributed by atoms with Crippen LogP contribution in [0.1, 0.15) is 5.56 Å². The van der Waals surface area contributed by atoms with E-state index in [1.807, 2.05) is 36.7 Å². The van der Waals surface area contributed by atoms with Crippen molar-refractivity contribution in [2.24, 2.45) is 0 Å². The van der Waals surface area contributed by atoms with Gasteiger partial charge in [0.1, 0.15) is 5.82 Å². The molecule has 0 bridgehead atoms. The number of rotatable bonds is 3. The molecule has 96 valence electrons. The summed E-state index contributed by atoms with van der Waals surface area (Å²) < 4.78 is 3.10. The predicted molar refractivity (Wildman–Crippen MR) is 83.8 cm³/mol. The number of aromatic nitrogens is 2. The van der Waals surface area contributed by atoms with Crippen molar-refractivity contribution >= 4 is 38.9 Å². The third-order valence-corrected chi connectivity index (χ3v) is 4.52. The molecule has 0 spiro atoms. The molecule has 0 aliphatic heterocycles. The highest BCUT2D eigenvalue weighted by atomic mass is 79.9. The van der Waals surface area contributed by atoms with E-state index in [1.165, 1.54) is 4.88 Å². The maximum absolute atomic E-state index is 6.26. The Morgan fingerprint density at radius 1 is 1.32 bits per heavy atom. The van der Waals surface area contributed by atoms with Gasteiger partial charge in [0.25, 0.3) is 0 Å². The van der Waals surface area contributed by atoms with Crippen molar-refractivity contribution in [1.82, 2.24) is 9.55 Å². The van der Waals surface area contributed by atoms with E-state index in [2.05, 4.69) is 36.9 Å². The molecule has 0 N–H and O–H groups in total. The molecule has 0 aliphatic carbocycles. The largest absolute Gasteiger partial charge is 0.326 e. The van der Waals surface area contributed by atoms with Gasteiger partial charge in [-0.15, -0.1) is 11.3 Å². The minimum absolute atomic E-state index is 0.722. The van der Waals surface area contributed by atoms with E-state index in [1.54, 1.807) is 11.3 Å². The van der Waals surface area contributed by atoms with E-state index in [-0.39, 0.29) is 0 Å². The Labute approximate surface area is 128 Å². The SMILES string of the molecule is Clc1cc(Br)ccc1Cn1ccnc1-c1cccs1. The van der Waals surface area contributed by atoms with Gasteiger partial charge in [0.2, 0.25) is 0 Å². The van der Waals surface area contributed by atoms with Crippen LogP contribution in [-0.4, -0.2) is 9.55 Å². The van der Waals surface area contributed by atoms with Crippen LogP contribution in [0.3, 0.4) is 0 Å². The molecule has 0 radical (unpaired) electrons. The molecule has 3 aromatic rings. The average Bonchev–Trinajstić information content (AvgIpc) is 3.03. The van der Waals surface area contributed by atoms with Gasteiger partial charge in [0.05, 0.1) is 11.4 Å². The number of benzene rings is 1. The van der Waals surface area contributed by atoms with E-state index in [4.69, 9.17) is 11.6 Å². The zero-order valence-corrected chi connectivity index (χ0v) is 13.0. The molecule has 0 fully saturated rings. The maximum Gasteiger partial charge on any atom is 0.150 e. The summed E-state index contributed by atoms with van der Waals surface area (Å²) in [6.45, 7) is 0.722. The minimum Gasteiger partial charge on any atom is -0.326 e. The third kappa shape index (κ3) is 2.76. The van der Waals surface area contributed by atoms with Crippen LogP contribution in [0.2, 0.25) is 5.02 Å². The molecule has 0 unspecified atom stereocenters. The molecule has 2 nitrogen and oxygen atoms in total. The number of hydrogen-bond acceptors (Lipinski definition) is 2. The highest BCUT2D eigenvalue weighted by Crippen LogP contribution is 2.26. The molecule has 0 saturated carbocycles. The highest BCUT2D eigenvalue weighted by Gasteiger charge is 2.09. The third-order valence-electron chi connectivity index (χ3n) is 2.81. The first-order valence-corrected chi connectivity index (χ1v) is 7.78. The van der Waals surface area contributed by atoms with Gasteiger partial charge in [-0.05, 0) is 29.1 Å². The summed E-state index contributed by atoms with van der Waals surface area (Å²) >= 11 is 11.4. The Balaban J connectivity index is 1.94. The summed E-state index contributed by atoms with van der Waals surface area (Å²) in [7, 11) is 0. The summed E-state index contributed by atoms with van der Waals surface area (Å²) in [6, 6.07) is 10.1. The van der Waals surface area contributed by atoms with Gasteiger partial charge in [0, 0.05) is 21.9 Å². The number of imidazole rings is 1. The Morgan fingerprint density at radius 3 is 2.95 bits per heavy atom. The van der Waals surface area contributed by atoms with Crippen molar-refractivity contribution < 1.29 is 0 Å². The van der Waals surface area contributed by atoms with Crippen LogP contribution in [0.15, 0.2) is 52.6 Å². The molecule has 5 heteroatoms. The molecule has 19 heavy (non-hydrogen) atoms. The summed E-state index contributed by atoms with van der Waals surface area (Å²) in [5.41, 5.74) is 1.08.